The van der Waals surface area contributed by atoms with Crippen molar-refractivity contribution in [1.29, 1.82) is 5.26 Å². The van der Waals surface area contributed by atoms with Crippen LogP contribution in [0.2, 0.25) is 0 Å². The van der Waals surface area contributed by atoms with Crippen LogP contribution in [-0.2, 0) is 21.1 Å². The van der Waals surface area contributed by atoms with Gasteiger partial charge in [-0.25, -0.2) is 12.8 Å². The van der Waals surface area contributed by atoms with Gasteiger partial charge in [-0.3, -0.25) is 4.79 Å². The molecule has 1 N–H and O–H groups in total. The van der Waals surface area contributed by atoms with Gasteiger partial charge in [0, 0.05) is 23.3 Å². The molecule has 1 aromatic heterocycles. The number of aliphatic carboxylic acids is 1. The summed E-state index contributed by atoms with van der Waals surface area (Å²) in [6.07, 6.45) is 3.06. The average molecular weight is 469 g/mol. The molecule has 6 nitrogen and oxygen atoms in total. The molecule has 0 spiro atoms. The van der Waals surface area contributed by atoms with Crippen LogP contribution in [0.5, 0.6) is 0 Å². The third kappa shape index (κ3) is 3.91. The first-order chi connectivity index (χ1) is 15.5. The molecule has 3 atom stereocenters. The summed E-state index contributed by atoms with van der Waals surface area (Å²) < 4.78 is 41.9. The highest BCUT2D eigenvalue weighted by Gasteiger charge is 2.37. The first kappa shape index (κ1) is 23.0. The molecule has 0 saturated heterocycles. The fourth-order valence-electron chi connectivity index (χ4n) is 5.09. The zero-order chi connectivity index (χ0) is 24.1. The van der Waals surface area contributed by atoms with Crippen molar-refractivity contribution in [3.05, 3.63) is 64.6 Å². The quantitative estimate of drug-likeness (QED) is 0.579. The van der Waals surface area contributed by atoms with E-state index in [4.69, 9.17) is 5.26 Å². The Kier molecular flexibility index (Phi) is 5.79. The molecule has 1 aliphatic carbocycles. The standard InChI is InChI=1S/C25H25FN2O4S/c1-14(25(29)30)19-5-4-6-20-21-11-18(26)12-22(33(3,31)32)24(21)28(23(19)20)15(2)17-9-7-16(13-27)8-10-17/h7-12,14-15,19H,4-6H2,1-3H3,(H,29,30)/t14?,15-,19+/m0/s1. The summed E-state index contributed by atoms with van der Waals surface area (Å²) in [7, 11) is -3.77. The second-order valence-corrected chi connectivity index (χ2v) is 10.8. The van der Waals surface area contributed by atoms with Gasteiger partial charge in [0.25, 0.3) is 0 Å². The maximum atomic E-state index is 14.6. The van der Waals surface area contributed by atoms with E-state index in [-0.39, 0.29) is 16.9 Å². The van der Waals surface area contributed by atoms with E-state index in [0.29, 0.717) is 29.3 Å². The van der Waals surface area contributed by atoms with Crippen molar-refractivity contribution in [2.24, 2.45) is 5.92 Å². The van der Waals surface area contributed by atoms with E-state index >= 15 is 0 Å². The number of aryl methyl sites for hydroxylation is 1. The van der Waals surface area contributed by atoms with Crippen LogP contribution in [0, 0.1) is 23.1 Å². The normalized spacial score (nSPS) is 17.8. The minimum Gasteiger partial charge on any atom is -0.481 e. The van der Waals surface area contributed by atoms with E-state index in [1.54, 1.807) is 19.1 Å². The summed E-state index contributed by atoms with van der Waals surface area (Å²) in [5, 5.41) is 19.4. The number of carboxylic acid groups (broad SMARTS) is 1. The van der Waals surface area contributed by atoms with Crippen LogP contribution in [0.3, 0.4) is 0 Å². The highest BCUT2D eigenvalue weighted by atomic mass is 32.2. The lowest BCUT2D eigenvalue weighted by Gasteiger charge is -2.31. The molecular formula is C25H25FN2O4S. The molecule has 4 rings (SSSR count). The summed E-state index contributed by atoms with van der Waals surface area (Å²) in [6, 6.07) is 11.1. The molecule has 2 aromatic carbocycles. The zero-order valence-electron chi connectivity index (χ0n) is 18.7. The van der Waals surface area contributed by atoms with E-state index in [0.717, 1.165) is 35.6 Å². The molecule has 0 saturated carbocycles. The highest BCUT2D eigenvalue weighted by Crippen LogP contribution is 2.46. The molecule has 1 heterocycles. The number of carboxylic acids is 1. The van der Waals surface area contributed by atoms with Gasteiger partial charge in [0.2, 0.25) is 0 Å². The maximum absolute atomic E-state index is 14.6. The average Bonchev–Trinajstić information content (AvgIpc) is 3.11. The molecular weight excluding hydrogens is 443 g/mol. The highest BCUT2D eigenvalue weighted by molar-refractivity contribution is 7.91. The van der Waals surface area contributed by atoms with Gasteiger partial charge >= 0.3 is 5.97 Å². The molecule has 1 unspecified atom stereocenters. The monoisotopic (exact) mass is 468 g/mol. The number of nitrogens with zero attached hydrogens (tertiary/aromatic N) is 2. The number of hydrogen-bond donors (Lipinski definition) is 1. The van der Waals surface area contributed by atoms with Gasteiger partial charge < -0.3 is 9.67 Å². The Balaban J connectivity index is 2.11. The molecule has 0 radical (unpaired) electrons. The lowest BCUT2D eigenvalue weighted by Crippen LogP contribution is -2.26. The second-order valence-electron chi connectivity index (χ2n) is 8.84. The van der Waals surface area contributed by atoms with Gasteiger partial charge in [-0.1, -0.05) is 19.1 Å². The van der Waals surface area contributed by atoms with Crippen LogP contribution in [-0.4, -0.2) is 30.3 Å². The third-order valence-corrected chi connectivity index (χ3v) is 7.88. The molecule has 8 heteroatoms. The van der Waals surface area contributed by atoms with Gasteiger partial charge in [-0.2, -0.15) is 5.26 Å². The number of hydrogen-bond acceptors (Lipinski definition) is 4. The third-order valence-electron chi connectivity index (χ3n) is 6.77. The van der Waals surface area contributed by atoms with E-state index in [1.165, 1.54) is 6.07 Å². The largest absolute Gasteiger partial charge is 0.481 e. The number of fused-ring (bicyclic) bond motifs is 3. The number of nitriles is 1. The van der Waals surface area contributed by atoms with Crippen molar-refractivity contribution in [2.75, 3.05) is 6.26 Å². The van der Waals surface area contributed by atoms with E-state index in [1.807, 2.05) is 23.6 Å². The predicted octanol–water partition coefficient (Wildman–Crippen LogP) is 4.81. The van der Waals surface area contributed by atoms with Crippen LogP contribution in [0.25, 0.3) is 10.9 Å². The maximum Gasteiger partial charge on any atom is 0.306 e. The van der Waals surface area contributed by atoms with Crippen molar-refractivity contribution in [2.45, 2.75) is 50.0 Å². The van der Waals surface area contributed by atoms with Gasteiger partial charge in [-0.15, -0.1) is 0 Å². The van der Waals surface area contributed by atoms with Crippen LogP contribution < -0.4 is 0 Å². The van der Waals surface area contributed by atoms with Crippen molar-refractivity contribution < 1.29 is 22.7 Å². The van der Waals surface area contributed by atoms with E-state index in [9.17, 15) is 22.7 Å². The van der Waals surface area contributed by atoms with Gasteiger partial charge in [-0.05, 0) is 61.6 Å². The Labute approximate surface area is 192 Å². The predicted molar refractivity (Wildman–Crippen MR) is 122 cm³/mol. The Morgan fingerprint density at radius 3 is 2.48 bits per heavy atom. The number of benzene rings is 2. The summed E-state index contributed by atoms with van der Waals surface area (Å²) in [6.45, 7) is 3.57. The van der Waals surface area contributed by atoms with Crippen LogP contribution in [0.15, 0.2) is 41.3 Å². The summed E-state index contributed by atoms with van der Waals surface area (Å²) in [5.41, 5.74) is 3.33. The van der Waals surface area contributed by atoms with Crippen molar-refractivity contribution >= 4 is 26.7 Å². The smallest absolute Gasteiger partial charge is 0.306 e. The van der Waals surface area contributed by atoms with Crippen molar-refractivity contribution in [1.82, 2.24) is 4.57 Å². The number of carbonyl (C=O) groups is 1. The first-order valence-corrected chi connectivity index (χ1v) is 12.7. The SMILES string of the molecule is CC(C(=O)O)[C@H]1CCCc2c1n([C@@H](C)c1ccc(C#N)cc1)c1c(S(C)(=O)=O)cc(F)cc21. The van der Waals surface area contributed by atoms with Crippen LogP contribution >= 0.6 is 0 Å². The van der Waals surface area contributed by atoms with Gasteiger partial charge in [0.15, 0.2) is 9.84 Å². The molecule has 0 aliphatic heterocycles. The summed E-state index contributed by atoms with van der Waals surface area (Å²) in [5.74, 6) is -2.59. The molecule has 1 aliphatic rings. The van der Waals surface area contributed by atoms with E-state index in [2.05, 4.69) is 6.07 Å². The first-order valence-electron chi connectivity index (χ1n) is 10.8. The minimum absolute atomic E-state index is 0.103. The molecule has 172 valence electrons. The number of rotatable bonds is 5. The second kappa shape index (κ2) is 8.31. The van der Waals surface area contributed by atoms with Crippen LogP contribution in [0.4, 0.5) is 4.39 Å². The summed E-state index contributed by atoms with van der Waals surface area (Å²) >= 11 is 0. The molecule has 0 fully saturated rings. The lowest BCUT2D eigenvalue weighted by atomic mass is 9.79. The Morgan fingerprint density at radius 2 is 1.91 bits per heavy atom. The number of halogens is 1. The fourth-order valence-corrected chi connectivity index (χ4v) is 5.97. The lowest BCUT2D eigenvalue weighted by molar-refractivity contribution is -0.142. The molecule has 3 aromatic rings. The van der Waals surface area contributed by atoms with Crippen molar-refractivity contribution in [3.8, 4) is 6.07 Å². The minimum atomic E-state index is -3.77. The Bertz CT molecular complexity index is 1400. The van der Waals surface area contributed by atoms with Crippen molar-refractivity contribution in [3.63, 3.8) is 0 Å². The molecule has 0 bridgehead atoms. The number of sulfone groups is 1. The zero-order valence-corrected chi connectivity index (χ0v) is 19.5. The topological polar surface area (TPSA) is 100 Å². The Hall–Kier alpha value is -3.18. The van der Waals surface area contributed by atoms with Gasteiger partial charge in [0.05, 0.1) is 34.0 Å². The summed E-state index contributed by atoms with van der Waals surface area (Å²) in [4.78, 5) is 11.8. The number of aromatic nitrogens is 1. The van der Waals surface area contributed by atoms with Crippen LogP contribution in [0.1, 0.15) is 61.0 Å². The van der Waals surface area contributed by atoms with Gasteiger partial charge in [0.1, 0.15) is 5.82 Å². The molecule has 33 heavy (non-hydrogen) atoms. The molecule has 0 amide bonds. The fraction of sp³-hybridized carbons (Fsp3) is 0.360. The Morgan fingerprint density at radius 1 is 1.24 bits per heavy atom. The van der Waals surface area contributed by atoms with E-state index < -0.39 is 27.5 Å².